The number of aliphatic hydroxyl groups is 2. The minimum absolute atomic E-state index is 0.0121. The summed E-state index contributed by atoms with van der Waals surface area (Å²) in [5, 5.41) is 32.1. The highest BCUT2D eigenvalue weighted by molar-refractivity contribution is 5.96. The molecule has 0 spiro atoms. The summed E-state index contributed by atoms with van der Waals surface area (Å²) >= 11 is 0. The van der Waals surface area contributed by atoms with Crippen LogP contribution in [-0.2, 0) is 60.7 Å². The van der Waals surface area contributed by atoms with Crippen molar-refractivity contribution in [1.82, 2.24) is 36.0 Å². The minimum Gasteiger partial charge on any atom is -0.467 e. The molecule has 1 heterocycles. The summed E-state index contributed by atoms with van der Waals surface area (Å²) in [6, 6.07) is 9.96. The summed E-state index contributed by atoms with van der Waals surface area (Å²) < 4.78 is 4.95. The van der Waals surface area contributed by atoms with E-state index in [4.69, 9.17) is 10.5 Å². The van der Waals surface area contributed by atoms with Gasteiger partial charge in [0.05, 0.1) is 25.7 Å². The first kappa shape index (κ1) is 57.9. The summed E-state index contributed by atoms with van der Waals surface area (Å²) in [6.45, 7) is 9.97. The van der Waals surface area contributed by atoms with Crippen molar-refractivity contribution in [2.75, 3.05) is 27.7 Å². The van der Waals surface area contributed by atoms with Gasteiger partial charge >= 0.3 is 5.97 Å². The van der Waals surface area contributed by atoms with E-state index in [9.17, 15) is 53.4 Å². The molecule has 20 heteroatoms. The number of esters is 1. The zero-order valence-electron chi connectivity index (χ0n) is 41.9. The molecule has 9 atom stereocenters. The molecule has 1 saturated heterocycles. The zero-order valence-corrected chi connectivity index (χ0v) is 41.9. The van der Waals surface area contributed by atoms with Crippen molar-refractivity contribution in [3.8, 4) is 0 Å². The number of methoxy groups -OCH3 is 1. The molecule has 1 aliphatic heterocycles. The molecule has 0 saturated carbocycles. The summed E-state index contributed by atoms with van der Waals surface area (Å²) in [5.41, 5.74) is 6.88. The third-order valence-electron chi connectivity index (χ3n) is 12.3. The average Bonchev–Trinajstić information content (AvgIpc) is 3.81. The van der Waals surface area contributed by atoms with Gasteiger partial charge in [-0.15, -0.1) is 0 Å². The van der Waals surface area contributed by atoms with Gasteiger partial charge in [0, 0.05) is 33.5 Å². The number of aliphatic hydroxyl groups excluding tert-OH is 2. The maximum Gasteiger partial charge on any atom is 0.328 e. The molecule has 0 bridgehead atoms. The van der Waals surface area contributed by atoms with Gasteiger partial charge in [-0.2, -0.15) is 0 Å². The first-order valence-corrected chi connectivity index (χ1v) is 23.8. The molecule has 20 nitrogen and oxygen atoms in total. The molecule has 1 fully saturated rings. The van der Waals surface area contributed by atoms with Gasteiger partial charge in [-0.05, 0) is 68.9 Å². The molecule has 0 aromatic heterocycles. The number of likely N-dealkylation sites (N-methyl/N-ethyl adjacent to an activating group) is 2. The van der Waals surface area contributed by atoms with Crippen LogP contribution in [0.15, 0.2) is 60.7 Å². The first-order chi connectivity index (χ1) is 33.0. The van der Waals surface area contributed by atoms with E-state index < -0.39 is 120 Å². The van der Waals surface area contributed by atoms with Crippen molar-refractivity contribution >= 4 is 53.2 Å². The summed E-state index contributed by atoms with van der Waals surface area (Å²) in [5.74, 6) is -6.73. The summed E-state index contributed by atoms with van der Waals surface area (Å²) in [4.78, 5) is 125. The maximum absolute atomic E-state index is 14.2. The molecule has 0 unspecified atom stereocenters. The number of hydrogen-bond acceptors (Lipinski definition) is 12. The van der Waals surface area contributed by atoms with E-state index in [-0.39, 0.29) is 38.0 Å². The number of likely N-dealkylation sites (tertiary alicyclic amines) is 1. The number of nitrogens with two attached hydrogens (primary N) is 1. The van der Waals surface area contributed by atoms with Crippen LogP contribution in [0.5, 0.6) is 0 Å². The number of primary amides is 1. The Morgan fingerprint density at radius 1 is 0.743 bits per heavy atom. The van der Waals surface area contributed by atoms with Crippen LogP contribution in [0.4, 0.5) is 0 Å². The lowest BCUT2D eigenvalue weighted by atomic mass is 9.96. The largest absolute Gasteiger partial charge is 0.467 e. The first-order valence-electron chi connectivity index (χ1n) is 23.8. The van der Waals surface area contributed by atoms with Crippen molar-refractivity contribution < 1.29 is 58.1 Å². The molecule has 8 amide bonds. The van der Waals surface area contributed by atoms with Crippen LogP contribution in [0.1, 0.15) is 91.2 Å². The fourth-order valence-electron chi connectivity index (χ4n) is 8.32. The van der Waals surface area contributed by atoms with Crippen LogP contribution in [0.25, 0.3) is 0 Å². The van der Waals surface area contributed by atoms with Crippen LogP contribution in [0.2, 0.25) is 0 Å². The molecule has 1 aliphatic rings. The van der Waals surface area contributed by atoms with Gasteiger partial charge in [-0.1, -0.05) is 88.4 Å². The molecule has 3 rings (SSSR count). The monoisotopic (exact) mass is 979 g/mol. The van der Waals surface area contributed by atoms with E-state index in [1.807, 2.05) is 32.0 Å². The van der Waals surface area contributed by atoms with Crippen LogP contribution < -0.4 is 27.0 Å². The lowest BCUT2D eigenvalue weighted by Gasteiger charge is -2.34. The van der Waals surface area contributed by atoms with E-state index in [0.29, 0.717) is 24.9 Å². The maximum atomic E-state index is 14.2. The summed E-state index contributed by atoms with van der Waals surface area (Å²) in [6.07, 6.45) is -2.88. The van der Waals surface area contributed by atoms with E-state index in [1.165, 1.54) is 44.9 Å². The Morgan fingerprint density at radius 3 is 1.84 bits per heavy atom. The highest BCUT2D eigenvalue weighted by atomic mass is 16.5. The lowest BCUT2D eigenvalue weighted by molar-refractivity contribution is -0.154. The second kappa shape index (κ2) is 27.7. The number of carbonyl (C=O) groups excluding carboxylic acids is 9. The molecule has 386 valence electrons. The molecular formula is C50H74N8O12. The number of amides is 8. The van der Waals surface area contributed by atoms with E-state index in [1.54, 1.807) is 56.3 Å². The Hall–Kier alpha value is -6.41. The van der Waals surface area contributed by atoms with Gasteiger partial charge in [-0.3, -0.25) is 38.4 Å². The number of ether oxygens (including phenoxy) is 1. The van der Waals surface area contributed by atoms with E-state index >= 15 is 0 Å². The predicted octanol–water partition coefficient (Wildman–Crippen LogP) is 0.348. The number of benzene rings is 2. The molecular weight excluding hydrogens is 905 g/mol. The van der Waals surface area contributed by atoms with Gasteiger partial charge in [0.2, 0.25) is 47.3 Å². The van der Waals surface area contributed by atoms with Gasteiger partial charge in [0.15, 0.2) is 0 Å². The zero-order chi connectivity index (χ0) is 52.4. The molecule has 2 aromatic rings. The third-order valence-corrected chi connectivity index (χ3v) is 12.3. The fraction of sp³-hybridized carbons (Fsp3) is 0.580. The number of nitrogens with one attached hydrogen (secondary N) is 4. The standard InChI is InChI=1S/C50H74N8O12/c1-29(2)25-36(45(64)52-31(5)47(66)57(8)39(27-34-19-14-11-15-20-34)48(67)58-24-16-21-38(58)50(69)70-9)53-42(62)28-40(60)35(26-33-17-12-10-13-18-33)54-46(65)37(22-23-41(51)61)56(7)49(68)43(30(3)4)55-44(63)32(6)59/h10-15,17-20,29-32,35-40,43,59-60H,16,21-28H2,1-9H3,(H2,51,61)(H,52,64)(H,53,62)(H,54,65)(H,55,63)/t31-,32-,35-,36-,37-,38-,39-,40-,43-/m0/s1. The quantitative estimate of drug-likeness (QED) is 0.0629. The van der Waals surface area contributed by atoms with Crippen molar-refractivity contribution in [2.45, 2.75) is 147 Å². The molecule has 0 aliphatic carbocycles. The second-order valence-corrected chi connectivity index (χ2v) is 18.8. The normalized spacial score (nSPS) is 16.9. The minimum atomic E-state index is -1.57. The lowest BCUT2D eigenvalue weighted by Crippen LogP contribution is -2.59. The smallest absolute Gasteiger partial charge is 0.328 e. The Kier molecular flexibility index (Phi) is 22.9. The molecule has 0 radical (unpaired) electrons. The average molecular weight is 979 g/mol. The highest BCUT2D eigenvalue weighted by Crippen LogP contribution is 2.23. The van der Waals surface area contributed by atoms with Crippen LogP contribution in [-0.4, -0.2) is 160 Å². The molecule has 2 aromatic carbocycles. The molecule has 70 heavy (non-hydrogen) atoms. The van der Waals surface area contributed by atoms with Crippen molar-refractivity contribution in [3.05, 3.63) is 71.8 Å². The Bertz CT molecular complexity index is 2110. The van der Waals surface area contributed by atoms with Crippen molar-refractivity contribution in [2.24, 2.45) is 17.6 Å². The number of carbonyl (C=O) groups is 9. The Morgan fingerprint density at radius 2 is 1.31 bits per heavy atom. The number of rotatable bonds is 26. The Labute approximate surface area is 410 Å². The van der Waals surface area contributed by atoms with Crippen molar-refractivity contribution in [1.29, 1.82) is 0 Å². The molecule has 8 N–H and O–H groups in total. The van der Waals surface area contributed by atoms with E-state index in [2.05, 4.69) is 21.3 Å². The topological polar surface area (TPSA) is 287 Å². The van der Waals surface area contributed by atoms with Gasteiger partial charge in [-0.25, -0.2) is 4.79 Å². The van der Waals surface area contributed by atoms with Crippen LogP contribution in [0, 0.1) is 11.8 Å². The van der Waals surface area contributed by atoms with E-state index in [0.717, 1.165) is 10.5 Å². The van der Waals surface area contributed by atoms with Gasteiger partial charge in [0.1, 0.15) is 42.4 Å². The SMILES string of the molecule is COC(=O)[C@@H]1CCCN1C(=O)[C@H](Cc1ccccc1)N(C)C(=O)[C@H](C)NC(=O)[C@H](CC(C)C)NC(=O)C[C@H](O)[C@H](Cc1ccccc1)NC(=O)[C@H](CCC(N)=O)N(C)C(=O)[C@@H](NC(=O)[C@H](C)O)C(C)C. The van der Waals surface area contributed by atoms with Gasteiger partial charge < -0.3 is 56.7 Å². The van der Waals surface area contributed by atoms with Gasteiger partial charge in [0.25, 0.3) is 0 Å². The number of hydrogen-bond donors (Lipinski definition) is 7. The third kappa shape index (κ3) is 17.2. The van der Waals surface area contributed by atoms with Crippen LogP contribution in [0.3, 0.4) is 0 Å². The van der Waals surface area contributed by atoms with Crippen molar-refractivity contribution in [3.63, 3.8) is 0 Å². The summed E-state index contributed by atoms with van der Waals surface area (Å²) in [7, 11) is 4.02. The number of nitrogens with zero attached hydrogens (tertiary/aromatic N) is 3. The highest BCUT2D eigenvalue weighted by Gasteiger charge is 2.41. The van der Waals surface area contributed by atoms with Crippen LogP contribution >= 0.6 is 0 Å². The fourth-order valence-corrected chi connectivity index (χ4v) is 8.32. The predicted molar refractivity (Wildman–Crippen MR) is 259 cm³/mol. The second-order valence-electron chi connectivity index (χ2n) is 18.8. The Balaban J connectivity index is 1.83.